The highest BCUT2D eigenvalue weighted by Gasteiger charge is 2.31. The first-order valence-electron chi connectivity index (χ1n) is 8.17. The van der Waals surface area contributed by atoms with Gasteiger partial charge in [0.25, 0.3) is 0 Å². The van der Waals surface area contributed by atoms with Gasteiger partial charge >= 0.3 is 0 Å². The third-order valence-electron chi connectivity index (χ3n) is 3.56. The Labute approximate surface area is 151 Å². The average Bonchev–Trinajstić information content (AvgIpc) is 2.89. The zero-order valence-corrected chi connectivity index (χ0v) is 15.3. The van der Waals surface area contributed by atoms with Gasteiger partial charge in [-0.2, -0.15) is 0 Å². The van der Waals surface area contributed by atoms with Crippen LogP contribution in [0.5, 0.6) is 0 Å². The predicted octanol–water partition coefficient (Wildman–Crippen LogP) is 3.65. The number of benzene rings is 1. The molecule has 1 heterocycles. The van der Waals surface area contributed by atoms with Gasteiger partial charge in [0.15, 0.2) is 5.17 Å². The highest BCUT2D eigenvalue weighted by Crippen LogP contribution is 2.25. The number of amides is 2. The molecule has 2 N–H and O–H groups in total. The molecular formula is C17H22ClN3O2S. The van der Waals surface area contributed by atoms with Crippen molar-refractivity contribution in [3.05, 3.63) is 29.3 Å². The smallest absolute Gasteiger partial charge is 0.240 e. The molecule has 2 rings (SSSR count). The van der Waals surface area contributed by atoms with E-state index in [0.29, 0.717) is 22.4 Å². The van der Waals surface area contributed by atoms with Crippen molar-refractivity contribution in [2.24, 2.45) is 4.99 Å². The lowest BCUT2D eigenvalue weighted by atomic mass is 10.2. The number of nitrogens with zero attached hydrogens (tertiary/aromatic N) is 1. The molecule has 1 unspecified atom stereocenters. The molecule has 0 saturated carbocycles. The maximum Gasteiger partial charge on any atom is 0.240 e. The standard InChI is InChI=1S/C17H22ClN3O2S/c1-2-3-4-5-10-19-15(22)11-14-16(23)21-17(24-14)20-13-8-6-12(18)7-9-13/h6-9,14H,2-5,10-11H2,1H3,(H,19,22)(H,20,21,23). The molecule has 1 aromatic carbocycles. The SMILES string of the molecule is CCCCCCNC(=O)CC1SC(=Nc2ccc(Cl)cc2)NC1=O. The summed E-state index contributed by atoms with van der Waals surface area (Å²) in [4.78, 5) is 28.2. The quantitative estimate of drug-likeness (QED) is 0.689. The average molecular weight is 368 g/mol. The van der Waals surface area contributed by atoms with Crippen LogP contribution < -0.4 is 10.6 Å². The van der Waals surface area contributed by atoms with Crippen LogP contribution in [0.4, 0.5) is 5.69 Å². The molecule has 1 fully saturated rings. The Morgan fingerprint density at radius 2 is 2.04 bits per heavy atom. The molecule has 0 bridgehead atoms. The van der Waals surface area contributed by atoms with Crippen molar-refractivity contribution >= 4 is 46.0 Å². The van der Waals surface area contributed by atoms with Crippen molar-refractivity contribution in [3.63, 3.8) is 0 Å². The zero-order valence-electron chi connectivity index (χ0n) is 13.7. The van der Waals surface area contributed by atoms with E-state index < -0.39 is 5.25 Å². The number of aliphatic imine (C=N–C) groups is 1. The topological polar surface area (TPSA) is 70.6 Å². The van der Waals surface area contributed by atoms with Crippen molar-refractivity contribution in [1.29, 1.82) is 0 Å². The van der Waals surface area contributed by atoms with E-state index in [1.165, 1.54) is 24.6 Å². The summed E-state index contributed by atoms with van der Waals surface area (Å²) in [6, 6.07) is 7.04. The Balaban J connectivity index is 1.79. The molecule has 1 saturated heterocycles. The van der Waals surface area contributed by atoms with Crippen LogP contribution in [0.1, 0.15) is 39.0 Å². The van der Waals surface area contributed by atoms with Crippen LogP contribution in [0.15, 0.2) is 29.3 Å². The van der Waals surface area contributed by atoms with Crippen molar-refractivity contribution in [3.8, 4) is 0 Å². The van der Waals surface area contributed by atoms with Gasteiger partial charge in [-0.15, -0.1) is 0 Å². The lowest BCUT2D eigenvalue weighted by Crippen LogP contribution is -2.31. The van der Waals surface area contributed by atoms with E-state index in [2.05, 4.69) is 22.5 Å². The van der Waals surface area contributed by atoms with E-state index in [4.69, 9.17) is 11.6 Å². The Hall–Kier alpha value is -1.53. The van der Waals surface area contributed by atoms with Crippen LogP contribution in [0, 0.1) is 0 Å². The van der Waals surface area contributed by atoms with Gasteiger partial charge in [-0.25, -0.2) is 4.99 Å². The lowest BCUT2D eigenvalue weighted by molar-refractivity contribution is -0.125. The van der Waals surface area contributed by atoms with Gasteiger partial charge < -0.3 is 10.6 Å². The van der Waals surface area contributed by atoms with Crippen LogP contribution >= 0.6 is 23.4 Å². The van der Waals surface area contributed by atoms with E-state index in [-0.39, 0.29) is 18.2 Å². The molecule has 1 aromatic rings. The molecule has 5 nitrogen and oxygen atoms in total. The fourth-order valence-corrected chi connectivity index (χ4v) is 3.36. The highest BCUT2D eigenvalue weighted by atomic mass is 35.5. The van der Waals surface area contributed by atoms with Crippen LogP contribution in [0.25, 0.3) is 0 Å². The van der Waals surface area contributed by atoms with E-state index in [1.807, 2.05) is 0 Å². The predicted molar refractivity (Wildman–Crippen MR) is 99.8 cm³/mol. The monoisotopic (exact) mass is 367 g/mol. The minimum Gasteiger partial charge on any atom is -0.356 e. The third kappa shape index (κ3) is 6.17. The molecule has 1 aliphatic heterocycles. The largest absolute Gasteiger partial charge is 0.356 e. The number of amidine groups is 1. The summed E-state index contributed by atoms with van der Waals surface area (Å²) in [6.45, 7) is 2.82. The molecule has 0 spiro atoms. The second-order valence-electron chi connectivity index (χ2n) is 5.60. The Kier molecular flexibility index (Phi) is 7.59. The number of carbonyl (C=O) groups is 2. The second-order valence-corrected chi connectivity index (χ2v) is 7.23. The molecule has 24 heavy (non-hydrogen) atoms. The Morgan fingerprint density at radius 1 is 1.29 bits per heavy atom. The maximum absolute atomic E-state index is 12.0. The van der Waals surface area contributed by atoms with Gasteiger partial charge in [-0.1, -0.05) is 49.5 Å². The van der Waals surface area contributed by atoms with Crippen LogP contribution in [0.3, 0.4) is 0 Å². The molecule has 2 amide bonds. The number of hydrogen-bond donors (Lipinski definition) is 2. The van der Waals surface area contributed by atoms with Crippen LogP contribution in [0.2, 0.25) is 5.02 Å². The summed E-state index contributed by atoms with van der Waals surface area (Å²) < 4.78 is 0. The summed E-state index contributed by atoms with van der Waals surface area (Å²) in [6.07, 6.45) is 4.62. The van der Waals surface area contributed by atoms with E-state index in [9.17, 15) is 9.59 Å². The first-order valence-corrected chi connectivity index (χ1v) is 9.42. The van der Waals surface area contributed by atoms with E-state index >= 15 is 0 Å². The van der Waals surface area contributed by atoms with Gasteiger partial charge in [-0.05, 0) is 30.7 Å². The number of nitrogens with one attached hydrogen (secondary N) is 2. The number of unbranched alkanes of at least 4 members (excludes halogenated alkanes) is 3. The molecule has 0 aliphatic carbocycles. The number of carbonyl (C=O) groups excluding carboxylic acids is 2. The Morgan fingerprint density at radius 3 is 2.75 bits per heavy atom. The molecule has 1 atom stereocenters. The highest BCUT2D eigenvalue weighted by molar-refractivity contribution is 8.15. The number of halogens is 1. The van der Waals surface area contributed by atoms with Crippen molar-refractivity contribution in [1.82, 2.24) is 10.6 Å². The minimum atomic E-state index is -0.424. The fourth-order valence-electron chi connectivity index (χ4n) is 2.25. The van der Waals surface area contributed by atoms with Crippen molar-refractivity contribution < 1.29 is 9.59 Å². The van der Waals surface area contributed by atoms with Crippen molar-refractivity contribution in [2.45, 2.75) is 44.3 Å². The van der Waals surface area contributed by atoms with E-state index in [0.717, 1.165) is 12.8 Å². The molecule has 1 aliphatic rings. The summed E-state index contributed by atoms with van der Waals surface area (Å²) in [5.41, 5.74) is 0.711. The lowest BCUT2D eigenvalue weighted by Gasteiger charge is -2.07. The minimum absolute atomic E-state index is 0.0908. The van der Waals surface area contributed by atoms with Gasteiger partial charge in [0.05, 0.1) is 5.69 Å². The van der Waals surface area contributed by atoms with Gasteiger partial charge in [0, 0.05) is 18.0 Å². The molecule has 130 valence electrons. The van der Waals surface area contributed by atoms with E-state index in [1.54, 1.807) is 24.3 Å². The number of thioether (sulfide) groups is 1. The molecular weight excluding hydrogens is 346 g/mol. The normalized spacial score (nSPS) is 18.7. The van der Waals surface area contributed by atoms with Crippen molar-refractivity contribution in [2.75, 3.05) is 6.54 Å². The van der Waals surface area contributed by atoms with Gasteiger partial charge in [0.1, 0.15) is 5.25 Å². The summed E-state index contributed by atoms with van der Waals surface area (Å²) in [5, 5.41) is 6.32. The summed E-state index contributed by atoms with van der Waals surface area (Å²) in [5.74, 6) is -0.263. The number of hydrogen-bond acceptors (Lipinski definition) is 4. The first kappa shape index (κ1) is 18.8. The summed E-state index contributed by atoms with van der Waals surface area (Å²) in [7, 11) is 0. The summed E-state index contributed by atoms with van der Waals surface area (Å²) >= 11 is 7.12. The van der Waals surface area contributed by atoms with Gasteiger partial charge in [-0.3, -0.25) is 9.59 Å². The zero-order chi connectivity index (χ0) is 17.4. The van der Waals surface area contributed by atoms with Crippen LogP contribution in [-0.4, -0.2) is 28.8 Å². The molecule has 0 aromatic heterocycles. The molecule has 0 radical (unpaired) electrons. The van der Waals surface area contributed by atoms with Crippen LogP contribution in [-0.2, 0) is 9.59 Å². The maximum atomic E-state index is 12.0. The third-order valence-corrected chi connectivity index (χ3v) is 4.89. The fraction of sp³-hybridized carbons (Fsp3) is 0.471. The number of rotatable bonds is 8. The molecule has 7 heteroatoms. The van der Waals surface area contributed by atoms with Gasteiger partial charge in [0.2, 0.25) is 11.8 Å². The Bertz CT molecular complexity index is 604. The second kappa shape index (κ2) is 9.69. The first-order chi connectivity index (χ1) is 11.6.